The molecule has 1 aliphatic heterocycles. The van der Waals surface area contributed by atoms with Crippen molar-refractivity contribution in [1.29, 1.82) is 0 Å². The Hall–Kier alpha value is -2.86. The van der Waals surface area contributed by atoms with E-state index in [4.69, 9.17) is 17.0 Å². The summed E-state index contributed by atoms with van der Waals surface area (Å²) >= 11 is 5.29. The fourth-order valence-electron chi connectivity index (χ4n) is 3.40. The summed E-state index contributed by atoms with van der Waals surface area (Å²) < 4.78 is 5.30. The van der Waals surface area contributed by atoms with E-state index in [9.17, 15) is 0 Å². The second-order valence-corrected chi connectivity index (χ2v) is 7.21. The van der Waals surface area contributed by atoms with Crippen LogP contribution in [-0.2, 0) is 5.41 Å². The molecule has 0 amide bonds. The van der Waals surface area contributed by atoms with Crippen LogP contribution in [0.2, 0.25) is 0 Å². The minimum atomic E-state index is -0.0759. The molecule has 5 nitrogen and oxygen atoms in total. The monoisotopic (exact) mass is 380 g/mol. The molecule has 2 N–H and O–H groups in total. The Morgan fingerprint density at radius 3 is 2.59 bits per heavy atom. The minimum Gasteiger partial charge on any atom is -0.495 e. The molecule has 140 valence electrons. The lowest BCUT2D eigenvalue weighted by Gasteiger charge is -2.23. The van der Waals surface area contributed by atoms with Crippen LogP contribution in [0.3, 0.4) is 0 Å². The van der Waals surface area contributed by atoms with Gasteiger partial charge in [0.15, 0.2) is 5.11 Å². The first-order chi connectivity index (χ1) is 12.9. The summed E-state index contributed by atoms with van der Waals surface area (Å²) in [7, 11) is 3.70. The van der Waals surface area contributed by atoms with Crippen LogP contribution in [0.1, 0.15) is 19.4 Å². The maximum Gasteiger partial charge on any atom is 0.191 e. The van der Waals surface area contributed by atoms with Crippen molar-refractivity contribution in [2.45, 2.75) is 19.3 Å². The van der Waals surface area contributed by atoms with Crippen LogP contribution in [0.25, 0.3) is 0 Å². The Labute approximate surface area is 165 Å². The SMILES string of the molecule is COc1ccccc1NC(=S)N/N=C/C=C1/N(C)c2ccccc2C1(C)C. The van der Waals surface area contributed by atoms with Crippen molar-refractivity contribution in [3.05, 3.63) is 65.9 Å². The lowest BCUT2D eigenvalue weighted by molar-refractivity contribution is 0.417. The van der Waals surface area contributed by atoms with Gasteiger partial charge < -0.3 is 15.0 Å². The number of benzene rings is 2. The number of allylic oxidation sites excluding steroid dienone is 2. The summed E-state index contributed by atoms with van der Waals surface area (Å²) in [6, 6.07) is 16.0. The van der Waals surface area contributed by atoms with E-state index in [-0.39, 0.29) is 5.41 Å². The standard InChI is InChI=1S/C21H24N4OS/c1-21(2)15-9-5-7-11-17(15)25(3)19(21)13-14-22-24-20(27)23-16-10-6-8-12-18(16)26-4/h5-14H,1-4H3,(H2,23,24,27)/b19-13+,22-14+. The summed E-state index contributed by atoms with van der Waals surface area (Å²) in [5.41, 5.74) is 7.27. The van der Waals surface area contributed by atoms with Gasteiger partial charge >= 0.3 is 0 Å². The van der Waals surface area contributed by atoms with E-state index in [1.165, 1.54) is 16.9 Å². The maximum atomic E-state index is 5.30. The largest absolute Gasteiger partial charge is 0.495 e. The van der Waals surface area contributed by atoms with Crippen LogP contribution >= 0.6 is 12.2 Å². The molecule has 0 saturated heterocycles. The molecule has 6 heteroatoms. The summed E-state index contributed by atoms with van der Waals surface area (Å²) in [5.74, 6) is 0.722. The molecule has 27 heavy (non-hydrogen) atoms. The second-order valence-electron chi connectivity index (χ2n) is 6.80. The number of ether oxygens (including phenoxy) is 1. The van der Waals surface area contributed by atoms with Gasteiger partial charge in [0.05, 0.1) is 12.8 Å². The third-order valence-electron chi connectivity index (χ3n) is 4.77. The van der Waals surface area contributed by atoms with Crippen LogP contribution in [-0.4, -0.2) is 25.5 Å². The number of rotatable bonds is 4. The van der Waals surface area contributed by atoms with Gasteiger partial charge in [-0.25, -0.2) is 0 Å². The van der Waals surface area contributed by atoms with Gasteiger partial charge in [0.2, 0.25) is 0 Å². The smallest absolute Gasteiger partial charge is 0.191 e. The van der Waals surface area contributed by atoms with Crippen molar-refractivity contribution in [2.24, 2.45) is 5.10 Å². The Morgan fingerprint density at radius 2 is 1.85 bits per heavy atom. The van der Waals surface area contributed by atoms with E-state index in [0.717, 1.165) is 11.4 Å². The molecular weight excluding hydrogens is 356 g/mol. The molecule has 0 radical (unpaired) electrons. The quantitative estimate of drug-likeness (QED) is 0.471. The number of para-hydroxylation sites is 3. The van der Waals surface area contributed by atoms with E-state index in [0.29, 0.717) is 5.11 Å². The molecule has 0 saturated carbocycles. The Morgan fingerprint density at radius 1 is 1.15 bits per heavy atom. The summed E-state index contributed by atoms with van der Waals surface area (Å²) in [4.78, 5) is 2.20. The number of nitrogens with one attached hydrogen (secondary N) is 2. The highest BCUT2D eigenvalue weighted by atomic mass is 32.1. The van der Waals surface area contributed by atoms with Gasteiger partial charge in [-0.15, -0.1) is 0 Å². The van der Waals surface area contributed by atoms with Crippen LogP contribution in [0.5, 0.6) is 5.75 Å². The normalized spacial score (nSPS) is 16.4. The maximum absolute atomic E-state index is 5.30. The van der Waals surface area contributed by atoms with Gasteiger partial charge in [0, 0.05) is 30.1 Å². The van der Waals surface area contributed by atoms with Gasteiger partial charge in [-0.05, 0) is 42.1 Å². The van der Waals surface area contributed by atoms with Crippen molar-refractivity contribution in [3.8, 4) is 5.75 Å². The fourth-order valence-corrected chi connectivity index (χ4v) is 3.57. The zero-order chi connectivity index (χ0) is 19.4. The number of hydrogen-bond donors (Lipinski definition) is 2. The van der Waals surface area contributed by atoms with E-state index >= 15 is 0 Å². The topological polar surface area (TPSA) is 48.9 Å². The lowest BCUT2D eigenvalue weighted by Crippen LogP contribution is -2.25. The molecule has 2 aromatic carbocycles. The third kappa shape index (κ3) is 3.80. The van der Waals surface area contributed by atoms with Gasteiger partial charge in [-0.3, -0.25) is 5.43 Å². The summed E-state index contributed by atoms with van der Waals surface area (Å²) in [5, 5.41) is 7.71. The van der Waals surface area contributed by atoms with Gasteiger partial charge in [0.1, 0.15) is 5.75 Å². The Kier molecular flexibility index (Phi) is 5.46. The van der Waals surface area contributed by atoms with Crippen LogP contribution in [0.4, 0.5) is 11.4 Å². The first-order valence-corrected chi connectivity index (χ1v) is 9.13. The lowest BCUT2D eigenvalue weighted by atomic mass is 9.84. The first kappa shape index (κ1) is 18.9. The van der Waals surface area contributed by atoms with Crippen LogP contribution < -0.4 is 20.4 Å². The summed E-state index contributed by atoms with van der Waals surface area (Å²) in [6.07, 6.45) is 3.74. The predicted molar refractivity (Wildman–Crippen MR) is 117 cm³/mol. The molecule has 0 aliphatic carbocycles. The molecule has 1 heterocycles. The van der Waals surface area contributed by atoms with E-state index < -0.39 is 0 Å². The van der Waals surface area contributed by atoms with Crippen molar-refractivity contribution >= 4 is 34.9 Å². The van der Waals surface area contributed by atoms with Crippen molar-refractivity contribution < 1.29 is 4.74 Å². The predicted octanol–water partition coefficient (Wildman–Crippen LogP) is 4.28. The fraction of sp³-hybridized carbons (Fsp3) is 0.238. The molecule has 0 aromatic heterocycles. The van der Waals surface area contributed by atoms with Gasteiger partial charge in [0.25, 0.3) is 0 Å². The number of hydrogen-bond acceptors (Lipinski definition) is 4. The highest BCUT2D eigenvalue weighted by Gasteiger charge is 2.37. The number of fused-ring (bicyclic) bond motifs is 1. The minimum absolute atomic E-state index is 0.0759. The highest BCUT2D eigenvalue weighted by Crippen LogP contribution is 2.46. The molecule has 0 atom stereocenters. The van der Waals surface area contributed by atoms with Crippen molar-refractivity contribution in [3.63, 3.8) is 0 Å². The molecule has 0 fully saturated rings. The highest BCUT2D eigenvalue weighted by molar-refractivity contribution is 7.80. The van der Waals surface area contributed by atoms with E-state index in [1.54, 1.807) is 13.3 Å². The first-order valence-electron chi connectivity index (χ1n) is 8.72. The molecule has 0 spiro atoms. The molecule has 1 aliphatic rings. The number of anilines is 2. The van der Waals surface area contributed by atoms with Crippen LogP contribution in [0, 0.1) is 0 Å². The molecule has 2 aromatic rings. The zero-order valence-corrected chi connectivity index (χ0v) is 16.8. The average Bonchev–Trinajstić information content (AvgIpc) is 2.86. The average molecular weight is 381 g/mol. The second kappa shape index (κ2) is 7.80. The number of hydrazone groups is 1. The van der Waals surface area contributed by atoms with Crippen molar-refractivity contribution in [1.82, 2.24) is 5.43 Å². The number of nitrogens with zero attached hydrogens (tertiary/aromatic N) is 2. The van der Waals surface area contributed by atoms with Crippen molar-refractivity contribution in [2.75, 3.05) is 24.4 Å². The van der Waals surface area contributed by atoms with Gasteiger partial charge in [-0.2, -0.15) is 5.10 Å². The van der Waals surface area contributed by atoms with E-state index in [1.807, 2.05) is 30.3 Å². The zero-order valence-electron chi connectivity index (χ0n) is 16.0. The Balaban J connectivity index is 1.66. The van der Waals surface area contributed by atoms with Gasteiger partial charge in [-0.1, -0.05) is 44.2 Å². The molecule has 3 rings (SSSR count). The van der Waals surface area contributed by atoms with E-state index in [2.05, 4.69) is 65.9 Å². The number of likely N-dealkylation sites (N-methyl/N-ethyl adjacent to an activating group) is 1. The number of methoxy groups -OCH3 is 1. The number of thiocarbonyl (C=S) groups is 1. The molecule has 0 unspecified atom stereocenters. The third-order valence-corrected chi connectivity index (χ3v) is 4.96. The molecule has 0 bridgehead atoms. The Bertz CT molecular complexity index is 905. The van der Waals surface area contributed by atoms with Crippen LogP contribution in [0.15, 0.2) is 65.4 Å². The molecular formula is C21H24N4OS. The summed E-state index contributed by atoms with van der Waals surface area (Å²) in [6.45, 7) is 4.44.